The van der Waals surface area contributed by atoms with Crippen molar-refractivity contribution >= 4 is 5.97 Å². The highest BCUT2D eigenvalue weighted by Crippen LogP contribution is 2.15. The smallest absolute Gasteiger partial charge is 0.309 e. The summed E-state index contributed by atoms with van der Waals surface area (Å²) in [5.74, 6) is -0.00361. The van der Waals surface area contributed by atoms with Crippen molar-refractivity contribution in [3.05, 3.63) is 35.9 Å². The number of carbonyl (C=O) groups is 1. The number of esters is 1. The molecule has 0 fully saturated rings. The quantitative estimate of drug-likeness (QED) is 0.758. The molecule has 0 aliphatic carbocycles. The van der Waals surface area contributed by atoms with Crippen LogP contribution in [-0.4, -0.2) is 44.7 Å². The second kappa shape index (κ2) is 7.92. The lowest BCUT2D eigenvalue weighted by atomic mass is 9.98. The van der Waals surface area contributed by atoms with Gasteiger partial charge in [-0.2, -0.15) is 0 Å². The highest BCUT2D eigenvalue weighted by molar-refractivity contribution is 5.72. The normalized spacial score (nSPS) is 14.2. The largest absolute Gasteiger partial charge is 0.469 e. The molecule has 1 aromatic rings. The van der Waals surface area contributed by atoms with Gasteiger partial charge in [-0.05, 0) is 12.6 Å². The first kappa shape index (κ1) is 15.7. The minimum absolute atomic E-state index is 0.121. The lowest BCUT2D eigenvalue weighted by Crippen LogP contribution is -2.34. The van der Waals surface area contributed by atoms with Gasteiger partial charge in [0.25, 0.3) is 0 Å². The molecule has 4 heteroatoms. The maximum atomic E-state index is 11.4. The van der Waals surface area contributed by atoms with Crippen LogP contribution in [0.4, 0.5) is 0 Å². The summed E-state index contributed by atoms with van der Waals surface area (Å²) >= 11 is 0. The van der Waals surface area contributed by atoms with Crippen LogP contribution in [-0.2, 0) is 9.53 Å². The number of nitrogens with zero attached hydrogens (tertiary/aromatic N) is 1. The van der Waals surface area contributed by atoms with E-state index in [1.807, 2.05) is 32.2 Å². The minimum atomic E-state index is -0.171. The van der Waals surface area contributed by atoms with Crippen molar-refractivity contribution < 1.29 is 9.53 Å². The van der Waals surface area contributed by atoms with Gasteiger partial charge in [0, 0.05) is 25.6 Å². The van der Waals surface area contributed by atoms with Crippen molar-refractivity contribution in [2.75, 3.05) is 33.8 Å². The zero-order valence-electron chi connectivity index (χ0n) is 12.0. The van der Waals surface area contributed by atoms with Crippen molar-refractivity contribution in [2.45, 2.75) is 12.8 Å². The van der Waals surface area contributed by atoms with E-state index in [-0.39, 0.29) is 17.8 Å². The molecule has 0 bridgehead atoms. The maximum absolute atomic E-state index is 11.4. The molecule has 19 heavy (non-hydrogen) atoms. The van der Waals surface area contributed by atoms with Crippen LogP contribution in [0.5, 0.6) is 0 Å². The summed E-state index contributed by atoms with van der Waals surface area (Å²) in [6.07, 6.45) is 0. The average Bonchev–Trinajstić information content (AvgIpc) is 2.44. The molecular formula is C15H24N2O2. The van der Waals surface area contributed by atoms with Gasteiger partial charge >= 0.3 is 5.97 Å². The van der Waals surface area contributed by atoms with E-state index in [9.17, 15) is 4.79 Å². The first-order chi connectivity index (χ1) is 9.08. The Morgan fingerprint density at radius 3 is 2.47 bits per heavy atom. The minimum Gasteiger partial charge on any atom is -0.469 e. The summed E-state index contributed by atoms with van der Waals surface area (Å²) in [7, 11) is 3.43. The Hall–Kier alpha value is -1.39. The van der Waals surface area contributed by atoms with Gasteiger partial charge < -0.3 is 15.4 Å². The molecule has 106 valence electrons. The third-order valence-corrected chi connectivity index (χ3v) is 3.28. The molecule has 2 unspecified atom stereocenters. The van der Waals surface area contributed by atoms with Crippen molar-refractivity contribution in [3.63, 3.8) is 0 Å². The molecule has 0 amide bonds. The van der Waals surface area contributed by atoms with Crippen LogP contribution in [0.1, 0.15) is 18.4 Å². The summed E-state index contributed by atoms with van der Waals surface area (Å²) in [6.45, 7) is 3.99. The monoisotopic (exact) mass is 264 g/mol. The Balaban J connectivity index is 2.54. The van der Waals surface area contributed by atoms with Gasteiger partial charge in [-0.1, -0.05) is 37.3 Å². The van der Waals surface area contributed by atoms with Gasteiger partial charge in [-0.15, -0.1) is 0 Å². The van der Waals surface area contributed by atoms with E-state index in [4.69, 9.17) is 10.5 Å². The third-order valence-electron chi connectivity index (χ3n) is 3.28. The van der Waals surface area contributed by atoms with Crippen LogP contribution in [0.15, 0.2) is 30.3 Å². The second-order valence-electron chi connectivity index (χ2n) is 4.99. The highest BCUT2D eigenvalue weighted by Gasteiger charge is 2.18. The fourth-order valence-electron chi connectivity index (χ4n) is 2.24. The van der Waals surface area contributed by atoms with Crippen LogP contribution < -0.4 is 5.73 Å². The van der Waals surface area contributed by atoms with Crippen LogP contribution in [0, 0.1) is 5.92 Å². The molecule has 0 spiro atoms. The fourth-order valence-corrected chi connectivity index (χ4v) is 2.24. The van der Waals surface area contributed by atoms with Gasteiger partial charge in [-0.3, -0.25) is 4.79 Å². The number of carbonyl (C=O) groups excluding carboxylic acids is 1. The summed E-state index contributed by atoms with van der Waals surface area (Å²) < 4.78 is 4.74. The van der Waals surface area contributed by atoms with Crippen LogP contribution in [0.3, 0.4) is 0 Å². The van der Waals surface area contributed by atoms with Crippen LogP contribution in [0.25, 0.3) is 0 Å². The maximum Gasteiger partial charge on any atom is 0.309 e. The zero-order valence-corrected chi connectivity index (χ0v) is 12.0. The Kier molecular flexibility index (Phi) is 6.53. The van der Waals surface area contributed by atoms with Gasteiger partial charge in [0.05, 0.1) is 13.0 Å². The summed E-state index contributed by atoms with van der Waals surface area (Å²) in [5.41, 5.74) is 7.09. The van der Waals surface area contributed by atoms with Gasteiger partial charge in [0.15, 0.2) is 0 Å². The Labute approximate surface area is 115 Å². The summed E-state index contributed by atoms with van der Waals surface area (Å²) in [5, 5.41) is 0. The second-order valence-corrected chi connectivity index (χ2v) is 4.99. The molecule has 0 saturated heterocycles. The van der Waals surface area contributed by atoms with E-state index in [2.05, 4.69) is 17.0 Å². The third kappa shape index (κ3) is 5.01. The van der Waals surface area contributed by atoms with Gasteiger partial charge in [-0.25, -0.2) is 0 Å². The Morgan fingerprint density at radius 2 is 1.95 bits per heavy atom. The van der Waals surface area contributed by atoms with E-state index in [0.29, 0.717) is 13.1 Å². The van der Waals surface area contributed by atoms with Crippen LogP contribution >= 0.6 is 0 Å². The number of hydrogen-bond acceptors (Lipinski definition) is 4. The van der Waals surface area contributed by atoms with Gasteiger partial charge in [0.2, 0.25) is 0 Å². The number of nitrogens with two attached hydrogens (primary N) is 1. The van der Waals surface area contributed by atoms with Crippen molar-refractivity contribution in [1.82, 2.24) is 4.90 Å². The lowest BCUT2D eigenvalue weighted by molar-refractivity contribution is -0.145. The van der Waals surface area contributed by atoms with Crippen molar-refractivity contribution in [3.8, 4) is 0 Å². The number of likely N-dealkylation sites (N-methyl/N-ethyl adjacent to an activating group) is 1. The van der Waals surface area contributed by atoms with E-state index in [1.54, 1.807) is 0 Å². The standard InChI is InChI=1S/C15H24N2O2/c1-12(15(18)19-3)10-17(2)11-14(9-16)13-7-5-4-6-8-13/h4-8,12,14H,9-11,16H2,1-3H3. The molecule has 0 radical (unpaired) electrons. The molecule has 2 N–H and O–H groups in total. The molecule has 0 aliphatic rings. The van der Waals surface area contributed by atoms with E-state index in [1.165, 1.54) is 12.7 Å². The van der Waals surface area contributed by atoms with Crippen molar-refractivity contribution in [2.24, 2.45) is 11.7 Å². The first-order valence-electron chi connectivity index (χ1n) is 6.59. The molecule has 0 saturated carbocycles. The molecule has 0 heterocycles. The SMILES string of the molecule is COC(=O)C(C)CN(C)CC(CN)c1ccccc1. The van der Waals surface area contributed by atoms with E-state index in [0.717, 1.165) is 6.54 Å². The molecule has 0 aliphatic heterocycles. The molecule has 1 rings (SSSR count). The molecule has 2 atom stereocenters. The number of benzene rings is 1. The van der Waals surface area contributed by atoms with Crippen molar-refractivity contribution in [1.29, 1.82) is 0 Å². The fraction of sp³-hybridized carbons (Fsp3) is 0.533. The topological polar surface area (TPSA) is 55.6 Å². The predicted octanol–water partition coefficient (Wildman–Crippen LogP) is 1.47. The first-order valence-corrected chi connectivity index (χ1v) is 6.59. The number of hydrogen-bond donors (Lipinski definition) is 1. The van der Waals surface area contributed by atoms with E-state index < -0.39 is 0 Å². The number of rotatable bonds is 7. The summed E-state index contributed by atoms with van der Waals surface area (Å²) in [4.78, 5) is 13.5. The molecule has 0 aromatic heterocycles. The number of methoxy groups -OCH3 is 1. The summed E-state index contributed by atoms with van der Waals surface area (Å²) in [6, 6.07) is 10.2. The molecular weight excluding hydrogens is 240 g/mol. The molecule has 1 aromatic carbocycles. The Morgan fingerprint density at radius 1 is 1.32 bits per heavy atom. The highest BCUT2D eigenvalue weighted by atomic mass is 16.5. The number of ether oxygens (including phenoxy) is 1. The molecule has 4 nitrogen and oxygen atoms in total. The average molecular weight is 264 g/mol. The van der Waals surface area contributed by atoms with Gasteiger partial charge in [0.1, 0.15) is 0 Å². The predicted molar refractivity (Wildman–Crippen MR) is 76.9 cm³/mol. The zero-order chi connectivity index (χ0) is 14.3. The van der Waals surface area contributed by atoms with Crippen LogP contribution in [0.2, 0.25) is 0 Å². The lowest BCUT2D eigenvalue weighted by Gasteiger charge is -2.25. The Bertz CT molecular complexity index is 381. The van der Waals surface area contributed by atoms with E-state index >= 15 is 0 Å².